The van der Waals surface area contributed by atoms with E-state index in [2.05, 4.69) is 11.9 Å². The molecule has 3 heteroatoms. The zero-order chi connectivity index (χ0) is 13.0. The van der Waals surface area contributed by atoms with Gasteiger partial charge in [0.25, 0.3) is 0 Å². The molecule has 1 aliphatic carbocycles. The quantitative estimate of drug-likeness (QED) is 0.890. The number of hydrogen-bond acceptors (Lipinski definition) is 3. The highest BCUT2D eigenvalue weighted by Gasteiger charge is 2.31. The average Bonchev–Trinajstić information content (AvgIpc) is 2.46. The van der Waals surface area contributed by atoms with E-state index in [0.29, 0.717) is 17.6 Å². The Kier molecular flexibility index (Phi) is 4.59. The summed E-state index contributed by atoms with van der Waals surface area (Å²) in [6.45, 7) is 2.22. The topological polar surface area (TPSA) is 42.4 Å². The van der Waals surface area contributed by atoms with Crippen molar-refractivity contribution < 1.29 is 9.84 Å². The van der Waals surface area contributed by atoms with Crippen LogP contribution in [0.2, 0.25) is 0 Å². The molecule has 1 saturated carbocycles. The molecule has 0 aliphatic heterocycles. The lowest BCUT2D eigenvalue weighted by molar-refractivity contribution is 0.0434. The first-order valence-electron chi connectivity index (χ1n) is 6.93. The van der Waals surface area contributed by atoms with Gasteiger partial charge in [0, 0.05) is 11.8 Å². The smallest absolute Gasteiger partial charge is 0.142 e. The third-order valence-electron chi connectivity index (χ3n) is 4.25. The Hall–Kier alpha value is -1.09. The van der Waals surface area contributed by atoms with E-state index < -0.39 is 6.10 Å². The van der Waals surface area contributed by atoms with Gasteiger partial charge in [-0.25, -0.2) is 0 Å². The van der Waals surface area contributed by atoms with Crippen LogP contribution in [0.1, 0.15) is 50.7 Å². The molecule has 3 unspecified atom stereocenters. The summed E-state index contributed by atoms with van der Waals surface area (Å²) >= 11 is 0. The lowest BCUT2D eigenvalue weighted by Gasteiger charge is -2.34. The molecule has 1 N–H and O–H groups in total. The van der Waals surface area contributed by atoms with Gasteiger partial charge in [-0.2, -0.15) is 0 Å². The maximum Gasteiger partial charge on any atom is 0.142 e. The van der Waals surface area contributed by atoms with Gasteiger partial charge in [0.05, 0.1) is 19.4 Å². The molecule has 3 nitrogen and oxygen atoms in total. The summed E-state index contributed by atoms with van der Waals surface area (Å²) in [6, 6.07) is 1.88. The van der Waals surface area contributed by atoms with E-state index in [9.17, 15) is 5.11 Å². The number of methoxy groups -OCH3 is 1. The Morgan fingerprint density at radius 1 is 1.44 bits per heavy atom. The first-order chi connectivity index (χ1) is 8.77. The lowest BCUT2D eigenvalue weighted by atomic mass is 9.73. The molecule has 1 aliphatic rings. The number of nitrogens with zero attached hydrogens (tertiary/aromatic N) is 1. The van der Waals surface area contributed by atoms with Crippen molar-refractivity contribution in [2.45, 2.75) is 45.1 Å². The van der Waals surface area contributed by atoms with Gasteiger partial charge >= 0.3 is 0 Å². The zero-order valence-corrected chi connectivity index (χ0v) is 11.3. The Morgan fingerprint density at radius 3 is 2.94 bits per heavy atom. The predicted molar refractivity (Wildman–Crippen MR) is 71.5 cm³/mol. The molecule has 0 bridgehead atoms. The second-order valence-electron chi connectivity index (χ2n) is 5.18. The number of pyridine rings is 1. The highest BCUT2D eigenvalue weighted by molar-refractivity contribution is 5.32. The largest absolute Gasteiger partial charge is 0.495 e. The molecule has 1 aromatic heterocycles. The highest BCUT2D eigenvalue weighted by atomic mass is 16.5. The molecule has 18 heavy (non-hydrogen) atoms. The molecule has 0 amide bonds. The minimum absolute atomic E-state index is 0.361. The predicted octanol–water partition coefficient (Wildman–Crippen LogP) is 3.34. The van der Waals surface area contributed by atoms with Crippen LogP contribution in [0.25, 0.3) is 0 Å². The second kappa shape index (κ2) is 6.19. The van der Waals surface area contributed by atoms with Crippen molar-refractivity contribution in [3.8, 4) is 5.75 Å². The Morgan fingerprint density at radius 2 is 2.22 bits per heavy atom. The number of hydrogen-bond donors (Lipinski definition) is 1. The maximum atomic E-state index is 10.7. The molecule has 2 rings (SSSR count). The fraction of sp³-hybridized carbons (Fsp3) is 0.667. The van der Waals surface area contributed by atoms with Gasteiger partial charge in [-0.3, -0.25) is 4.98 Å². The van der Waals surface area contributed by atoms with Crippen LogP contribution in [0, 0.1) is 11.8 Å². The van der Waals surface area contributed by atoms with Gasteiger partial charge < -0.3 is 9.84 Å². The van der Waals surface area contributed by atoms with Crippen LogP contribution in [0.3, 0.4) is 0 Å². The Balaban J connectivity index is 2.20. The summed E-state index contributed by atoms with van der Waals surface area (Å²) in [4.78, 5) is 4.05. The molecule has 1 fully saturated rings. The van der Waals surface area contributed by atoms with Gasteiger partial charge in [0.15, 0.2) is 0 Å². The summed E-state index contributed by atoms with van der Waals surface area (Å²) in [5.41, 5.74) is 0.887. The molecule has 100 valence electrons. The van der Waals surface area contributed by atoms with Crippen molar-refractivity contribution in [2.75, 3.05) is 7.11 Å². The third-order valence-corrected chi connectivity index (χ3v) is 4.25. The van der Waals surface area contributed by atoms with Crippen molar-refractivity contribution in [2.24, 2.45) is 11.8 Å². The minimum Gasteiger partial charge on any atom is -0.495 e. The van der Waals surface area contributed by atoms with Crippen molar-refractivity contribution in [1.82, 2.24) is 4.98 Å². The van der Waals surface area contributed by atoms with Gasteiger partial charge in [-0.15, -0.1) is 0 Å². The summed E-state index contributed by atoms with van der Waals surface area (Å²) in [5, 5.41) is 10.7. The number of aliphatic hydroxyl groups is 1. The molecule has 0 saturated heterocycles. The number of aromatic nitrogens is 1. The summed E-state index contributed by atoms with van der Waals surface area (Å²) < 4.78 is 5.30. The van der Waals surface area contributed by atoms with Crippen molar-refractivity contribution in [3.63, 3.8) is 0 Å². The molecule has 0 aromatic carbocycles. The molecular formula is C15H23NO2. The van der Waals surface area contributed by atoms with Crippen molar-refractivity contribution >= 4 is 0 Å². The van der Waals surface area contributed by atoms with Gasteiger partial charge in [0.2, 0.25) is 0 Å². The Bertz CT molecular complexity index is 381. The molecule has 0 radical (unpaired) electrons. The fourth-order valence-corrected chi connectivity index (χ4v) is 3.20. The van der Waals surface area contributed by atoms with E-state index in [4.69, 9.17) is 4.74 Å². The van der Waals surface area contributed by atoms with Crippen molar-refractivity contribution in [1.29, 1.82) is 0 Å². The van der Waals surface area contributed by atoms with Gasteiger partial charge in [0.1, 0.15) is 5.75 Å². The van der Waals surface area contributed by atoms with E-state index in [1.165, 1.54) is 19.3 Å². The van der Waals surface area contributed by atoms with Crippen LogP contribution in [0.5, 0.6) is 5.75 Å². The number of rotatable bonds is 4. The van der Waals surface area contributed by atoms with Gasteiger partial charge in [-0.05, 0) is 24.3 Å². The van der Waals surface area contributed by atoms with Gasteiger partial charge in [-0.1, -0.05) is 32.6 Å². The fourth-order valence-electron chi connectivity index (χ4n) is 3.20. The first-order valence-corrected chi connectivity index (χ1v) is 6.93. The average molecular weight is 249 g/mol. The molecule has 1 aromatic rings. The Labute approximate surface area is 109 Å². The van der Waals surface area contributed by atoms with Crippen LogP contribution >= 0.6 is 0 Å². The number of ether oxygens (including phenoxy) is 1. The first kappa shape index (κ1) is 13.3. The monoisotopic (exact) mass is 249 g/mol. The highest BCUT2D eigenvalue weighted by Crippen LogP contribution is 2.42. The maximum absolute atomic E-state index is 10.7. The molecule has 3 atom stereocenters. The van der Waals surface area contributed by atoms with E-state index in [1.54, 1.807) is 19.5 Å². The minimum atomic E-state index is -0.423. The van der Waals surface area contributed by atoms with Crippen LogP contribution in [0.15, 0.2) is 18.5 Å². The van der Waals surface area contributed by atoms with E-state index in [-0.39, 0.29) is 0 Å². The van der Waals surface area contributed by atoms with E-state index in [1.807, 2.05) is 6.07 Å². The normalized spacial score (nSPS) is 25.7. The van der Waals surface area contributed by atoms with Crippen molar-refractivity contribution in [3.05, 3.63) is 24.0 Å². The van der Waals surface area contributed by atoms with Crippen LogP contribution in [0.4, 0.5) is 0 Å². The van der Waals surface area contributed by atoms with Crippen LogP contribution in [-0.4, -0.2) is 17.2 Å². The third kappa shape index (κ3) is 2.66. The van der Waals surface area contributed by atoms with E-state index in [0.717, 1.165) is 18.4 Å². The second-order valence-corrected chi connectivity index (χ2v) is 5.18. The standard InChI is InChI=1S/C15H23NO2/c1-3-11-6-4-5-7-12(11)15(17)13-8-9-16-10-14(13)18-2/h8-12,15,17H,3-7H2,1-2H3. The SMILES string of the molecule is CCC1CCCCC1C(O)c1ccncc1OC. The molecule has 0 spiro atoms. The summed E-state index contributed by atoms with van der Waals surface area (Å²) in [6.07, 6.45) is 9.02. The van der Waals surface area contributed by atoms with Crippen LogP contribution < -0.4 is 4.74 Å². The number of aliphatic hydroxyl groups excluding tert-OH is 1. The summed E-state index contributed by atoms with van der Waals surface area (Å²) in [5.74, 6) is 1.69. The van der Waals surface area contributed by atoms with E-state index >= 15 is 0 Å². The van der Waals surface area contributed by atoms with Crippen LogP contribution in [-0.2, 0) is 0 Å². The summed E-state index contributed by atoms with van der Waals surface area (Å²) in [7, 11) is 1.63. The molecular weight excluding hydrogens is 226 g/mol. The zero-order valence-electron chi connectivity index (χ0n) is 11.3. The molecule has 1 heterocycles. The lowest BCUT2D eigenvalue weighted by Crippen LogP contribution is -2.25.